The zero-order valence-electron chi connectivity index (χ0n) is 9.61. The Kier molecular flexibility index (Phi) is 2.77. The summed E-state index contributed by atoms with van der Waals surface area (Å²) in [7, 11) is 1.45. The molecule has 0 radical (unpaired) electrons. The molecule has 1 aromatic rings. The minimum atomic E-state index is -1.42. The zero-order valence-corrected chi connectivity index (χ0v) is 9.61. The second kappa shape index (κ2) is 3.62. The molecule has 88 valence electrons. The molecule has 0 spiro atoms. The van der Waals surface area contributed by atoms with Gasteiger partial charge in [-0.3, -0.25) is 9.36 Å². The van der Waals surface area contributed by atoms with Gasteiger partial charge in [0.05, 0.1) is 0 Å². The maximum absolute atomic E-state index is 11.6. The predicted molar refractivity (Wildman–Crippen MR) is 56.8 cm³/mol. The maximum atomic E-state index is 11.6. The van der Waals surface area contributed by atoms with Gasteiger partial charge in [-0.15, -0.1) is 0 Å². The Labute approximate surface area is 92.2 Å². The summed E-state index contributed by atoms with van der Waals surface area (Å²) in [5.74, 6) is -1.93. The van der Waals surface area contributed by atoms with Gasteiger partial charge >= 0.3 is 5.97 Å². The summed E-state index contributed by atoms with van der Waals surface area (Å²) >= 11 is 0. The minimum Gasteiger partial charge on any atom is -0.501 e. The Bertz CT molecular complexity index is 497. The molecule has 0 unspecified atom stereocenters. The van der Waals surface area contributed by atoms with Crippen molar-refractivity contribution in [2.75, 3.05) is 0 Å². The summed E-state index contributed by atoms with van der Waals surface area (Å²) in [4.78, 5) is 26.2. The van der Waals surface area contributed by atoms with Crippen LogP contribution in [0.15, 0.2) is 4.79 Å². The highest BCUT2D eigenvalue weighted by atomic mass is 16.4. The van der Waals surface area contributed by atoms with Crippen molar-refractivity contribution in [3.63, 3.8) is 0 Å². The van der Waals surface area contributed by atoms with Gasteiger partial charge in [0.15, 0.2) is 5.69 Å². The lowest BCUT2D eigenvalue weighted by atomic mass is 9.95. The van der Waals surface area contributed by atoms with Gasteiger partial charge in [0.25, 0.3) is 5.56 Å². The van der Waals surface area contributed by atoms with E-state index in [2.05, 4.69) is 4.98 Å². The third kappa shape index (κ3) is 1.91. The molecule has 1 heterocycles. The van der Waals surface area contributed by atoms with Gasteiger partial charge in [-0.05, 0) is 0 Å². The summed E-state index contributed by atoms with van der Waals surface area (Å²) in [6.07, 6.45) is 0. The van der Waals surface area contributed by atoms with Crippen LogP contribution < -0.4 is 5.56 Å². The van der Waals surface area contributed by atoms with Crippen molar-refractivity contribution in [3.05, 3.63) is 21.9 Å². The first kappa shape index (κ1) is 12.2. The van der Waals surface area contributed by atoms with E-state index in [1.165, 1.54) is 7.05 Å². The van der Waals surface area contributed by atoms with Crippen molar-refractivity contribution in [3.8, 4) is 5.75 Å². The molecular weight excluding hydrogens is 212 g/mol. The highest BCUT2D eigenvalue weighted by Gasteiger charge is 2.25. The van der Waals surface area contributed by atoms with E-state index in [0.29, 0.717) is 5.82 Å². The quantitative estimate of drug-likeness (QED) is 0.726. The normalized spacial score (nSPS) is 11.5. The number of aromatic nitrogens is 2. The maximum Gasteiger partial charge on any atom is 0.358 e. The molecule has 0 amide bonds. The van der Waals surface area contributed by atoms with Crippen molar-refractivity contribution in [1.82, 2.24) is 9.55 Å². The molecule has 6 nitrogen and oxygen atoms in total. The van der Waals surface area contributed by atoms with Crippen LogP contribution in [0.5, 0.6) is 5.75 Å². The molecule has 0 aliphatic rings. The fourth-order valence-electron chi connectivity index (χ4n) is 1.41. The van der Waals surface area contributed by atoms with Gasteiger partial charge in [0.2, 0.25) is 5.75 Å². The number of aromatic hydroxyl groups is 1. The van der Waals surface area contributed by atoms with E-state index in [1.807, 2.05) is 0 Å². The molecule has 0 aromatic carbocycles. The van der Waals surface area contributed by atoms with Gasteiger partial charge in [0, 0.05) is 12.5 Å². The Morgan fingerprint density at radius 3 is 2.25 bits per heavy atom. The first-order valence-electron chi connectivity index (χ1n) is 4.70. The number of hydrogen-bond donors (Lipinski definition) is 2. The molecule has 0 atom stereocenters. The summed E-state index contributed by atoms with van der Waals surface area (Å²) in [6, 6.07) is 0. The predicted octanol–water partition coefficient (Wildman–Crippen LogP) is 0.482. The summed E-state index contributed by atoms with van der Waals surface area (Å²) in [6.45, 7) is 5.41. The number of nitrogens with zero attached hydrogens (tertiary/aromatic N) is 2. The van der Waals surface area contributed by atoms with E-state index < -0.39 is 28.4 Å². The lowest BCUT2D eigenvalue weighted by Crippen LogP contribution is -2.31. The lowest BCUT2D eigenvalue weighted by Gasteiger charge is -2.21. The molecule has 0 saturated carbocycles. The van der Waals surface area contributed by atoms with E-state index in [9.17, 15) is 14.7 Å². The summed E-state index contributed by atoms with van der Waals surface area (Å²) in [5.41, 5.74) is -1.84. The van der Waals surface area contributed by atoms with Crippen LogP contribution in [0.1, 0.15) is 37.1 Å². The van der Waals surface area contributed by atoms with Crippen LogP contribution in [-0.4, -0.2) is 25.7 Å². The minimum absolute atomic E-state index is 0.313. The number of hydrogen-bond acceptors (Lipinski definition) is 4. The van der Waals surface area contributed by atoms with Crippen molar-refractivity contribution < 1.29 is 15.0 Å². The smallest absolute Gasteiger partial charge is 0.358 e. The largest absolute Gasteiger partial charge is 0.501 e. The second-order valence-corrected chi connectivity index (χ2v) is 4.55. The highest BCUT2D eigenvalue weighted by Crippen LogP contribution is 2.20. The Hall–Kier alpha value is -1.85. The molecule has 0 bridgehead atoms. The highest BCUT2D eigenvalue weighted by molar-refractivity contribution is 5.88. The van der Waals surface area contributed by atoms with E-state index >= 15 is 0 Å². The molecule has 16 heavy (non-hydrogen) atoms. The van der Waals surface area contributed by atoms with E-state index in [4.69, 9.17) is 5.11 Å². The van der Waals surface area contributed by atoms with Gasteiger partial charge in [0.1, 0.15) is 5.82 Å². The van der Waals surface area contributed by atoms with Crippen LogP contribution in [0.25, 0.3) is 0 Å². The number of carbonyl (C=O) groups is 1. The average molecular weight is 226 g/mol. The number of carboxylic acids is 1. The Morgan fingerprint density at radius 2 is 1.88 bits per heavy atom. The third-order valence-corrected chi connectivity index (χ3v) is 2.14. The molecule has 1 rings (SSSR count). The molecule has 1 aromatic heterocycles. The first-order valence-corrected chi connectivity index (χ1v) is 4.70. The van der Waals surface area contributed by atoms with E-state index in [0.717, 1.165) is 4.57 Å². The van der Waals surface area contributed by atoms with Crippen LogP contribution in [-0.2, 0) is 12.5 Å². The van der Waals surface area contributed by atoms with E-state index in [-0.39, 0.29) is 0 Å². The molecule has 2 N–H and O–H groups in total. The van der Waals surface area contributed by atoms with Crippen LogP contribution in [0.4, 0.5) is 0 Å². The number of aromatic carboxylic acids is 1. The molecule has 6 heteroatoms. The van der Waals surface area contributed by atoms with E-state index in [1.54, 1.807) is 20.8 Å². The Morgan fingerprint density at radius 1 is 1.38 bits per heavy atom. The monoisotopic (exact) mass is 226 g/mol. The number of rotatable bonds is 1. The van der Waals surface area contributed by atoms with Crippen molar-refractivity contribution >= 4 is 5.97 Å². The van der Waals surface area contributed by atoms with Gasteiger partial charge in [-0.25, -0.2) is 9.78 Å². The fraction of sp³-hybridized carbons (Fsp3) is 0.500. The van der Waals surface area contributed by atoms with Crippen molar-refractivity contribution in [2.24, 2.45) is 7.05 Å². The molecule has 0 aliphatic heterocycles. The second-order valence-electron chi connectivity index (χ2n) is 4.55. The molecule has 0 aliphatic carbocycles. The molecule has 0 fully saturated rings. The summed E-state index contributed by atoms with van der Waals surface area (Å²) in [5, 5.41) is 18.2. The molecule has 0 saturated heterocycles. The van der Waals surface area contributed by atoms with Crippen LogP contribution >= 0.6 is 0 Å². The third-order valence-electron chi connectivity index (χ3n) is 2.14. The standard InChI is InChI=1S/C10H14N2O4/c1-10(2,3)9-11-5(8(15)16)6(13)7(14)12(9)4/h13H,1-4H3,(H,15,16). The van der Waals surface area contributed by atoms with Crippen LogP contribution in [0, 0.1) is 0 Å². The number of carboxylic acid groups (broad SMARTS) is 1. The zero-order chi connectivity index (χ0) is 12.7. The van der Waals surface area contributed by atoms with Crippen LogP contribution in [0.2, 0.25) is 0 Å². The average Bonchev–Trinajstić information content (AvgIpc) is 2.11. The topological polar surface area (TPSA) is 92.4 Å². The molecular formula is C10H14N2O4. The van der Waals surface area contributed by atoms with Crippen molar-refractivity contribution in [2.45, 2.75) is 26.2 Å². The summed E-state index contributed by atoms with van der Waals surface area (Å²) < 4.78 is 1.15. The van der Waals surface area contributed by atoms with Gasteiger partial charge in [-0.1, -0.05) is 20.8 Å². The fourth-order valence-corrected chi connectivity index (χ4v) is 1.41. The van der Waals surface area contributed by atoms with Crippen molar-refractivity contribution in [1.29, 1.82) is 0 Å². The van der Waals surface area contributed by atoms with Gasteiger partial charge in [-0.2, -0.15) is 0 Å². The lowest BCUT2D eigenvalue weighted by molar-refractivity contribution is 0.0685. The van der Waals surface area contributed by atoms with Gasteiger partial charge < -0.3 is 10.2 Å². The van der Waals surface area contributed by atoms with Crippen LogP contribution in [0.3, 0.4) is 0 Å². The first-order chi connectivity index (χ1) is 7.16. The Balaban J connectivity index is 3.68. The SMILES string of the molecule is Cn1c(C(C)(C)C)nc(C(=O)O)c(O)c1=O.